The summed E-state index contributed by atoms with van der Waals surface area (Å²) in [6.45, 7) is 0. The van der Waals surface area contributed by atoms with E-state index in [0.717, 1.165) is 0 Å². The molecule has 0 aromatic heterocycles. The Morgan fingerprint density at radius 1 is 0.269 bits per heavy atom. The van der Waals surface area contributed by atoms with Crippen LogP contribution in [0.3, 0.4) is 0 Å². The van der Waals surface area contributed by atoms with E-state index in [0.29, 0.717) is 0 Å². The second-order valence-electron chi connectivity index (χ2n) is 0. The summed E-state index contributed by atoms with van der Waals surface area (Å²) in [5.41, 5.74) is 0. The Bertz CT molecular complexity index is 62.2. The van der Waals surface area contributed by atoms with Crippen molar-refractivity contribution in [3.05, 3.63) is 0 Å². The van der Waals surface area contributed by atoms with Crippen molar-refractivity contribution < 1.29 is 17.1 Å². The van der Waals surface area contributed by atoms with E-state index in [1.165, 1.54) is 0 Å². The third kappa shape index (κ3) is 266. The monoisotopic (exact) mass is 2040 g/mol. The summed E-state index contributed by atoms with van der Waals surface area (Å²) in [6.07, 6.45) is 0. The molecule has 0 saturated heterocycles. The maximum atomic E-state index is 2.56. The number of hydrogen-bond acceptors (Lipinski definition) is 0. The van der Waals surface area contributed by atoms with Crippen molar-refractivity contribution in [1.29, 1.82) is 0 Å². The van der Waals surface area contributed by atoms with Crippen LogP contribution in [0.1, 0.15) is 0 Å². The van der Waals surface area contributed by atoms with Gasteiger partial charge in [0, 0.05) is 0 Å². The molecule has 0 N–H and O–H groups in total. The fourth-order valence-corrected chi connectivity index (χ4v) is 0. The molecular formula is H11AlCuGaInSe22. The van der Waals surface area contributed by atoms with Crippen LogP contribution in [0.2, 0.25) is 0 Å². The van der Waals surface area contributed by atoms with Crippen LogP contribution >= 0.6 is 0 Å². The first-order valence-corrected chi connectivity index (χ1v) is 54.2. The average molecular weight is 2020 g/mol. The third-order valence-corrected chi connectivity index (χ3v) is 0. The van der Waals surface area contributed by atoms with Crippen LogP contribution in [0.4, 0.5) is 0 Å². The molecule has 0 aromatic rings. The first kappa shape index (κ1) is 97.3. The summed E-state index contributed by atoms with van der Waals surface area (Å²) in [5.74, 6) is 0. The summed E-state index contributed by atoms with van der Waals surface area (Å²) in [4.78, 5) is 0. The van der Waals surface area contributed by atoms with Gasteiger partial charge in [0.1, 0.15) is 0 Å². The third-order valence-electron chi connectivity index (χ3n) is 0. The van der Waals surface area contributed by atoms with Crippen LogP contribution in [0, 0.1) is 0 Å². The zero-order valence-electron chi connectivity index (χ0n) is 11.4. The van der Waals surface area contributed by atoms with E-state index in [1.54, 1.807) is 0 Å². The Morgan fingerprint density at radius 3 is 0.269 bits per heavy atom. The molecule has 0 atom stereocenters. The van der Waals surface area contributed by atoms with Crippen LogP contribution < -0.4 is 0 Å². The van der Waals surface area contributed by atoms with Gasteiger partial charge in [0.25, 0.3) is 0 Å². The van der Waals surface area contributed by atoms with Gasteiger partial charge in [0.2, 0.25) is 0 Å². The van der Waals surface area contributed by atoms with Gasteiger partial charge >= 0.3 is 380 Å². The molecule has 1 radical (unpaired) electrons. The molecule has 0 spiro atoms. The van der Waals surface area contributed by atoms with Gasteiger partial charge in [-0.15, -0.1) is 0 Å². The van der Waals surface area contributed by atoms with E-state index in [2.05, 4.69) is 300 Å². The second-order valence-corrected chi connectivity index (χ2v) is 0. The quantitative estimate of drug-likeness (QED) is 0.212. The molecule has 0 aliphatic rings. The number of rotatable bonds is 0. The predicted molar refractivity (Wildman–Crippen MR) is 159 cm³/mol. The maximum absolute atomic E-state index is 2.56. The van der Waals surface area contributed by atoms with E-state index in [-0.39, 0.29) is 80.1 Å². The molecule has 26 heteroatoms. The molecule has 26 heavy (non-hydrogen) atoms. The van der Waals surface area contributed by atoms with E-state index in [9.17, 15) is 0 Å². The molecule has 0 aliphatic heterocycles. The topological polar surface area (TPSA) is 0 Å². The van der Waals surface area contributed by atoms with Gasteiger partial charge < -0.3 is 0 Å². The summed E-state index contributed by atoms with van der Waals surface area (Å²) in [7, 11) is 0. The van der Waals surface area contributed by atoms with Gasteiger partial charge in [-0.1, -0.05) is 0 Å². The SMILES string of the molecule is [Al+3].[Cu+2].[Ga+3].[In+3].[Se]=[SeH-].[Se]=[SeH-].[Se]=[SeH-].[Se]=[SeH-].[Se]=[SeH-].[Se]=[SeH-].[Se]=[SeH-].[Se]=[SeH-].[Se]=[SeH-].[Se]=[SeH-].[Se]=[SeH-]. The zero-order chi connectivity index (χ0) is 22.0. The Kier molecular flexibility index (Phi) is 1080. The van der Waals surface area contributed by atoms with Crippen LogP contribution in [0.25, 0.3) is 0 Å². The van der Waals surface area contributed by atoms with Crippen LogP contribution in [0.15, 0.2) is 0 Å². The zero-order valence-corrected chi connectivity index (χ0v) is 58.7. The summed E-state index contributed by atoms with van der Waals surface area (Å²) in [5, 5.41) is 0. The Morgan fingerprint density at radius 2 is 0.269 bits per heavy atom. The van der Waals surface area contributed by atoms with Gasteiger partial charge in [-0.05, 0) is 0 Å². The van der Waals surface area contributed by atoms with Crippen molar-refractivity contribution in [3.8, 4) is 0 Å². The van der Waals surface area contributed by atoms with E-state index < -0.39 is 0 Å². The molecule has 0 unspecified atom stereocenters. The average Bonchev–Trinajstić information content (AvgIpc) is 2.78. The van der Waals surface area contributed by atoms with Crippen molar-refractivity contribution in [2.75, 3.05) is 0 Å². The van der Waals surface area contributed by atoms with Crippen LogP contribution in [-0.4, -0.2) is 363 Å². The molecule has 0 bridgehead atoms. The molecule has 0 heterocycles. The van der Waals surface area contributed by atoms with Gasteiger partial charge in [0.05, 0.1) is 0 Å². The molecule has 0 fully saturated rings. The van der Waals surface area contributed by atoms with Crippen molar-refractivity contribution in [2.24, 2.45) is 0 Å². The standard InChI is InChI=1S/Al.Cu.Ga.In.11HSe2/c;;;;11*1-2/h;;;;11*1H/q+3;+2;2*+3;11*-1. The second kappa shape index (κ2) is 288. The summed E-state index contributed by atoms with van der Waals surface area (Å²) < 4.78 is 0. The Labute approximate surface area is 369 Å². The van der Waals surface area contributed by atoms with E-state index >= 15 is 0 Å². The Hall–Kier alpha value is 14.0. The van der Waals surface area contributed by atoms with Crippen molar-refractivity contribution in [3.63, 3.8) is 0 Å². The van der Waals surface area contributed by atoms with Gasteiger partial charge in [-0.25, -0.2) is 0 Å². The fraction of sp³-hybridized carbons (Fsp3) is 0. The van der Waals surface area contributed by atoms with E-state index in [4.69, 9.17) is 0 Å². The van der Waals surface area contributed by atoms with Crippen molar-refractivity contribution in [1.82, 2.24) is 0 Å². The van der Waals surface area contributed by atoms with Gasteiger partial charge in [-0.2, -0.15) is 0 Å². The molecule has 0 aliphatic carbocycles. The molecule has 0 aromatic carbocycles. The first-order chi connectivity index (χ1) is 11.0. The predicted octanol–water partition coefficient (Wildman–Crippen LogP) is -12.5. The Balaban J connectivity index is -0.00000000388. The molecule has 0 rings (SSSR count). The van der Waals surface area contributed by atoms with Crippen LogP contribution in [0.5, 0.6) is 0 Å². The van der Waals surface area contributed by atoms with Crippen LogP contribution in [-0.2, 0) is 17.1 Å². The fourth-order valence-electron chi connectivity index (χ4n) is 0. The van der Waals surface area contributed by atoms with Crippen molar-refractivity contribution >= 4 is 363 Å². The normalized spacial score (nSPS) is 2.12. The molecule has 0 saturated carbocycles. The molecule has 0 amide bonds. The molecule has 163 valence electrons. The number of hydrogen-bond donors (Lipinski definition) is 0. The van der Waals surface area contributed by atoms with E-state index in [1.807, 2.05) is 0 Å². The molecule has 0 nitrogen and oxygen atoms in total. The first-order valence-electron chi connectivity index (χ1n) is 2.01. The van der Waals surface area contributed by atoms with Crippen molar-refractivity contribution in [2.45, 2.75) is 0 Å². The minimum absolute atomic E-state index is 0. The van der Waals surface area contributed by atoms with Gasteiger partial charge in [0.15, 0.2) is 0 Å². The molecular weight excluding hydrogens is 2010 g/mol. The minimum atomic E-state index is 0. The van der Waals surface area contributed by atoms with Gasteiger partial charge in [-0.3, -0.25) is 0 Å². The summed E-state index contributed by atoms with van der Waals surface area (Å²) >= 11 is 52.2. The summed E-state index contributed by atoms with van der Waals surface area (Å²) in [6, 6.07) is 0.